The third-order valence-corrected chi connectivity index (χ3v) is 5.20. The molecule has 0 aromatic heterocycles. The van der Waals surface area contributed by atoms with Crippen LogP contribution in [0.25, 0.3) is 0 Å². The molecule has 2 fully saturated rings. The van der Waals surface area contributed by atoms with Crippen LogP contribution in [0.5, 0.6) is 0 Å². The normalized spacial score (nSPS) is 22.4. The zero-order chi connectivity index (χ0) is 16.8. The quantitative estimate of drug-likeness (QED) is 0.900. The third-order valence-electron chi connectivity index (χ3n) is 5.20. The minimum atomic E-state index is 0.173. The highest BCUT2D eigenvalue weighted by atomic mass is 16.5. The summed E-state index contributed by atoms with van der Waals surface area (Å²) in [5.74, 6) is 0.173. The number of para-hydroxylation sites is 1. The number of nitrogens with one attached hydrogen (secondary N) is 1. The standard InChI is InChI=1S/C19H29N3O2/c1-20-18-8-3-2-7-17(18)19(23)22-10-5-4-6-16(22)9-11-21-12-14-24-15-13-21/h2-3,7-8,16,20H,4-6,9-15H2,1H3/t16-/m0/s1. The molecule has 5 heteroatoms. The van der Waals surface area contributed by atoms with Crippen LogP contribution in [0.15, 0.2) is 24.3 Å². The van der Waals surface area contributed by atoms with Gasteiger partial charge in [0.25, 0.3) is 5.91 Å². The van der Waals surface area contributed by atoms with E-state index in [9.17, 15) is 4.79 Å². The van der Waals surface area contributed by atoms with Gasteiger partial charge in [-0.15, -0.1) is 0 Å². The van der Waals surface area contributed by atoms with Crippen LogP contribution in [0.3, 0.4) is 0 Å². The van der Waals surface area contributed by atoms with Crippen LogP contribution in [0, 0.1) is 0 Å². The molecule has 0 spiro atoms. The summed E-state index contributed by atoms with van der Waals surface area (Å²) in [6.07, 6.45) is 4.53. The van der Waals surface area contributed by atoms with Crippen molar-refractivity contribution in [3.05, 3.63) is 29.8 Å². The molecule has 5 nitrogen and oxygen atoms in total. The van der Waals surface area contributed by atoms with Crippen molar-refractivity contribution in [1.29, 1.82) is 0 Å². The van der Waals surface area contributed by atoms with E-state index >= 15 is 0 Å². The topological polar surface area (TPSA) is 44.8 Å². The van der Waals surface area contributed by atoms with Gasteiger partial charge in [0.2, 0.25) is 0 Å². The van der Waals surface area contributed by atoms with E-state index in [0.717, 1.165) is 69.9 Å². The zero-order valence-electron chi connectivity index (χ0n) is 14.7. The lowest BCUT2D eigenvalue weighted by molar-refractivity contribution is 0.0296. The second kappa shape index (κ2) is 8.49. The number of hydrogen-bond donors (Lipinski definition) is 1. The number of anilines is 1. The molecule has 1 aromatic rings. The maximum absolute atomic E-state index is 13.1. The number of benzene rings is 1. The van der Waals surface area contributed by atoms with Gasteiger partial charge in [0, 0.05) is 45.0 Å². The number of ether oxygens (including phenoxy) is 1. The molecular formula is C19H29N3O2. The van der Waals surface area contributed by atoms with Gasteiger partial charge in [-0.25, -0.2) is 0 Å². The Bertz CT molecular complexity index is 543. The summed E-state index contributed by atoms with van der Waals surface area (Å²) in [4.78, 5) is 17.7. The van der Waals surface area contributed by atoms with Gasteiger partial charge in [-0.05, 0) is 37.8 Å². The maximum atomic E-state index is 13.1. The number of piperidine rings is 1. The van der Waals surface area contributed by atoms with E-state index in [0.29, 0.717) is 6.04 Å². The van der Waals surface area contributed by atoms with Crippen LogP contribution in [0.4, 0.5) is 5.69 Å². The molecule has 1 amide bonds. The molecule has 2 heterocycles. The van der Waals surface area contributed by atoms with Gasteiger partial charge in [0.1, 0.15) is 0 Å². The van der Waals surface area contributed by atoms with Gasteiger partial charge >= 0.3 is 0 Å². The molecule has 1 N–H and O–H groups in total. The Morgan fingerprint density at radius 2 is 2.00 bits per heavy atom. The Morgan fingerprint density at radius 3 is 2.79 bits per heavy atom. The number of amides is 1. The lowest BCUT2D eigenvalue weighted by Crippen LogP contribution is -2.46. The monoisotopic (exact) mass is 331 g/mol. The summed E-state index contributed by atoms with van der Waals surface area (Å²) in [6, 6.07) is 8.18. The molecule has 2 saturated heterocycles. The van der Waals surface area contributed by atoms with E-state index in [4.69, 9.17) is 4.74 Å². The van der Waals surface area contributed by atoms with E-state index in [2.05, 4.69) is 15.1 Å². The van der Waals surface area contributed by atoms with Gasteiger partial charge in [-0.2, -0.15) is 0 Å². The van der Waals surface area contributed by atoms with Crippen molar-refractivity contribution in [2.75, 3.05) is 51.8 Å². The highest BCUT2D eigenvalue weighted by Gasteiger charge is 2.28. The largest absolute Gasteiger partial charge is 0.387 e. The molecular weight excluding hydrogens is 302 g/mol. The van der Waals surface area contributed by atoms with E-state index < -0.39 is 0 Å². The molecule has 0 bridgehead atoms. The van der Waals surface area contributed by atoms with Crippen LogP contribution < -0.4 is 5.32 Å². The average molecular weight is 331 g/mol. The third kappa shape index (κ3) is 4.08. The molecule has 24 heavy (non-hydrogen) atoms. The predicted molar refractivity (Wildman–Crippen MR) is 96.5 cm³/mol. The number of rotatable bonds is 5. The molecule has 2 aliphatic heterocycles. The number of hydrogen-bond acceptors (Lipinski definition) is 4. The highest BCUT2D eigenvalue weighted by Crippen LogP contribution is 2.25. The molecule has 3 rings (SSSR count). The van der Waals surface area contributed by atoms with Crippen LogP contribution in [0.2, 0.25) is 0 Å². The van der Waals surface area contributed by atoms with Crippen molar-refractivity contribution >= 4 is 11.6 Å². The van der Waals surface area contributed by atoms with Crippen molar-refractivity contribution in [3.8, 4) is 0 Å². The fourth-order valence-corrected chi connectivity index (χ4v) is 3.77. The number of nitrogens with zero attached hydrogens (tertiary/aromatic N) is 2. The van der Waals surface area contributed by atoms with Gasteiger partial charge in [0.05, 0.1) is 18.8 Å². The maximum Gasteiger partial charge on any atom is 0.256 e. The van der Waals surface area contributed by atoms with Crippen LogP contribution >= 0.6 is 0 Å². The van der Waals surface area contributed by atoms with Crippen LogP contribution in [0.1, 0.15) is 36.0 Å². The second-order valence-corrected chi connectivity index (χ2v) is 6.69. The summed E-state index contributed by atoms with van der Waals surface area (Å²) in [5.41, 5.74) is 1.71. The zero-order valence-corrected chi connectivity index (χ0v) is 14.7. The van der Waals surface area contributed by atoms with Crippen LogP contribution in [-0.4, -0.2) is 68.2 Å². The molecule has 2 aliphatic rings. The number of carbonyl (C=O) groups is 1. The Balaban J connectivity index is 1.65. The lowest BCUT2D eigenvalue weighted by Gasteiger charge is -2.38. The molecule has 1 aromatic carbocycles. The number of morpholine rings is 1. The summed E-state index contributed by atoms with van der Waals surface area (Å²) in [7, 11) is 1.87. The summed E-state index contributed by atoms with van der Waals surface area (Å²) in [5, 5.41) is 3.14. The van der Waals surface area contributed by atoms with Crippen molar-refractivity contribution < 1.29 is 9.53 Å². The van der Waals surface area contributed by atoms with E-state index in [1.54, 1.807) is 0 Å². The van der Waals surface area contributed by atoms with Gasteiger partial charge < -0.3 is 15.0 Å². The average Bonchev–Trinajstić information content (AvgIpc) is 2.67. The first kappa shape index (κ1) is 17.2. The second-order valence-electron chi connectivity index (χ2n) is 6.69. The molecule has 0 saturated carbocycles. The molecule has 0 radical (unpaired) electrons. The van der Waals surface area contributed by atoms with Crippen molar-refractivity contribution in [2.24, 2.45) is 0 Å². The lowest BCUT2D eigenvalue weighted by atomic mass is 9.97. The van der Waals surface area contributed by atoms with E-state index in [-0.39, 0.29) is 5.91 Å². The Morgan fingerprint density at radius 1 is 1.21 bits per heavy atom. The van der Waals surface area contributed by atoms with Gasteiger partial charge in [0.15, 0.2) is 0 Å². The summed E-state index contributed by atoms with van der Waals surface area (Å²) < 4.78 is 5.42. The molecule has 0 unspecified atom stereocenters. The SMILES string of the molecule is CNc1ccccc1C(=O)N1CCCC[C@H]1CCN1CCOCC1. The fourth-order valence-electron chi connectivity index (χ4n) is 3.77. The number of carbonyl (C=O) groups excluding carboxylic acids is 1. The Labute approximate surface area is 145 Å². The smallest absolute Gasteiger partial charge is 0.256 e. The van der Waals surface area contributed by atoms with Crippen LogP contribution in [-0.2, 0) is 4.74 Å². The van der Waals surface area contributed by atoms with E-state index in [1.165, 1.54) is 6.42 Å². The summed E-state index contributed by atoms with van der Waals surface area (Å²) >= 11 is 0. The first-order valence-corrected chi connectivity index (χ1v) is 9.17. The summed E-state index contributed by atoms with van der Waals surface area (Å²) in [6.45, 7) is 5.65. The van der Waals surface area contributed by atoms with Crippen molar-refractivity contribution in [2.45, 2.75) is 31.7 Å². The predicted octanol–water partition coefficient (Wildman–Crippen LogP) is 2.45. The first-order chi connectivity index (χ1) is 11.8. The minimum absolute atomic E-state index is 0.173. The first-order valence-electron chi connectivity index (χ1n) is 9.17. The highest BCUT2D eigenvalue weighted by molar-refractivity contribution is 5.99. The molecule has 1 atom stereocenters. The molecule has 0 aliphatic carbocycles. The van der Waals surface area contributed by atoms with Crippen molar-refractivity contribution in [1.82, 2.24) is 9.80 Å². The number of likely N-dealkylation sites (tertiary alicyclic amines) is 1. The minimum Gasteiger partial charge on any atom is -0.387 e. The Hall–Kier alpha value is -1.59. The molecule has 132 valence electrons. The van der Waals surface area contributed by atoms with Gasteiger partial charge in [-0.3, -0.25) is 9.69 Å². The van der Waals surface area contributed by atoms with E-state index in [1.807, 2.05) is 31.3 Å². The Kier molecular flexibility index (Phi) is 6.10. The fraction of sp³-hybridized carbons (Fsp3) is 0.632. The van der Waals surface area contributed by atoms with Crippen molar-refractivity contribution in [3.63, 3.8) is 0 Å². The van der Waals surface area contributed by atoms with Gasteiger partial charge in [-0.1, -0.05) is 12.1 Å².